The zero-order chi connectivity index (χ0) is 13.2. The first kappa shape index (κ1) is 13.0. The van der Waals surface area contributed by atoms with Gasteiger partial charge in [0.2, 0.25) is 16.0 Å². The zero-order valence-electron chi connectivity index (χ0n) is 9.91. The van der Waals surface area contributed by atoms with Crippen molar-refractivity contribution in [3.8, 4) is 0 Å². The molecule has 0 aromatic carbocycles. The quantitative estimate of drug-likeness (QED) is 0.831. The van der Waals surface area contributed by atoms with Crippen LogP contribution in [0.1, 0.15) is 5.82 Å². The van der Waals surface area contributed by atoms with Gasteiger partial charge in [-0.15, -0.1) is 16.4 Å². The lowest BCUT2D eigenvalue weighted by molar-refractivity contribution is 0.581. The van der Waals surface area contributed by atoms with Gasteiger partial charge in [-0.2, -0.15) is 4.98 Å². The molecule has 9 heteroatoms. The van der Waals surface area contributed by atoms with Crippen molar-refractivity contribution < 1.29 is 8.42 Å². The van der Waals surface area contributed by atoms with Gasteiger partial charge in [0, 0.05) is 14.1 Å². The van der Waals surface area contributed by atoms with E-state index in [4.69, 9.17) is 0 Å². The number of aromatic amines is 1. The molecule has 7 nitrogen and oxygen atoms in total. The van der Waals surface area contributed by atoms with Gasteiger partial charge in [0.15, 0.2) is 0 Å². The fraction of sp³-hybridized carbons (Fsp3) is 0.333. The molecule has 0 spiro atoms. The summed E-state index contributed by atoms with van der Waals surface area (Å²) >= 11 is 1.17. The monoisotopic (exact) mass is 287 g/mol. The number of nitrogens with one attached hydrogen (secondary N) is 2. The van der Waals surface area contributed by atoms with E-state index in [2.05, 4.69) is 19.9 Å². The number of H-pyrrole nitrogens is 1. The summed E-state index contributed by atoms with van der Waals surface area (Å²) in [5.74, 6) is 0.985. The fourth-order valence-electron chi connectivity index (χ4n) is 1.22. The first-order valence-corrected chi connectivity index (χ1v) is 7.47. The number of rotatable bonds is 5. The fourth-order valence-corrected chi connectivity index (χ4v) is 3.24. The Morgan fingerprint density at radius 1 is 1.50 bits per heavy atom. The maximum Gasteiger partial charge on any atom is 0.250 e. The summed E-state index contributed by atoms with van der Waals surface area (Å²) in [4.78, 5) is 5.86. The lowest BCUT2D eigenvalue weighted by Gasteiger charge is -2.04. The summed E-state index contributed by atoms with van der Waals surface area (Å²) in [6.07, 6.45) is 0. The molecule has 0 aliphatic carbocycles. The molecule has 2 N–H and O–H groups in total. The van der Waals surface area contributed by atoms with Crippen LogP contribution in [-0.4, -0.2) is 37.7 Å². The highest BCUT2D eigenvalue weighted by Crippen LogP contribution is 2.15. The first-order valence-electron chi connectivity index (χ1n) is 5.11. The summed E-state index contributed by atoms with van der Waals surface area (Å²) in [6, 6.07) is 3.25. The minimum absolute atomic E-state index is 0.0844. The van der Waals surface area contributed by atoms with Crippen molar-refractivity contribution in [2.24, 2.45) is 0 Å². The molecular weight excluding hydrogens is 274 g/mol. The topological polar surface area (TPSA) is 91.0 Å². The number of hydrogen-bond donors (Lipinski definition) is 2. The Kier molecular flexibility index (Phi) is 3.64. The second-order valence-electron chi connectivity index (χ2n) is 3.73. The zero-order valence-corrected chi connectivity index (χ0v) is 11.5. The Hall–Kier alpha value is -1.45. The summed E-state index contributed by atoms with van der Waals surface area (Å²) in [5, 5.41) is 8.33. The minimum Gasteiger partial charge on any atom is -0.346 e. The van der Waals surface area contributed by atoms with E-state index in [0.29, 0.717) is 11.8 Å². The smallest absolute Gasteiger partial charge is 0.250 e. The lowest BCUT2D eigenvalue weighted by Crippen LogP contribution is -2.23. The predicted molar refractivity (Wildman–Crippen MR) is 69.1 cm³/mol. The molecule has 0 bridgehead atoms. The summed E-state index contributed by atoms with van der Waals surface area (Å²) in [5.41, 5.74) is 0. The van der Waals surface area contributed by atoms with Crippen LogP contribution in [0.15, 0.2) is 21.7 Å². The molecule has 18 heavy (non-hydrogen) atoms. The molecule has 2 heterocycles. The second kappa shape index (κ2) is 5.04. The number of hydrogen-bond acceptors (Lipinski definition) is 6. The van der Waals surface area contributed by atoms with Crippen molar-refractivity contribution in [2.45, 2.75) is 10.8 Å². The standard InChI is InChI=1S/C9H13N5O2S2/c1-14(2)9-11-7(12-13-9)6-10-18(15,16)8-4-3-5-17-8/h3-5,10H,6H2,1-2H3,(H,11,12,13). The average Bonchev–Trinajstić information content (AvgIpc) is 2.98. The van der Waals surface area contributed by atoms with E-state index in [1.807, 2.05) is 14.1 Å². The van der Waals surface area contributed by atoms with E-state index in [1.54, 1.807) is 22.4 Å². The van der Waals surface area contributed by atoms with Crippen molar-refractivity contribution in [1.29, 1.82) is 0 Å². The van der Waals surface area contributed by atoms with Crippen LogP contribution in [-0.2, 0) is 16.6 Å². The number of anilines is 1. The van der Waals surface area contributed by atoms with E-state index in [-0.39, 0.29) is 10.8 Å². The van der Waals surface area contributed by atoms with Crippen LogP contribution < -0.4 is 9.62 Å². The molecule has 0 saturated heterocycles. The highest BCUT2D eigenvalue weighted by molar-refractivity contribution is 7.91. The van der Waals surface area contributed by atoms with Gasteiger partial charge in [-0.05, 0) is 11.4 Å². The third-order valence-corrected chi connectivity index (χ3v) is 4.91. The third-order valence-electron chi connectivity index (χ3n) is 2.11. The number of nitrogens with zero attached hydrogens (tertiary/aromatic N) is 3. The van der Waals surface area contributed by atoms with Crippen molar-refractivity contribution >= 4 is 27.3 Å². The summed E-state index contributed by atoms with van der Waals surface area (Å²) in [6.45, 7) is 0.0844. The van der Waals surface area contributed by atoms with E-state index in [1.165, 1.54) is 11.3 Å². The highest BCUT2D eigenvalue weighted by Gasteiger charge is 2.15. The largest absolute Gasteiger partial charge is 0.346 e. The second-order valence-corrected chi connectivity index (χ2v) is 6.67. The van der Waals surface area contributed by atoms with Crippen LogP contribution in [0.4, 0.5) is 5.95 Å². The molecule has 0 unspecified atom stereocenters. The molecule has 0 aliphatic heterocycles. The molecule has 0 saturated carbocycles. The summed E-state index contributed by atoms with van der Waals surface area (Å²) in [7, 11) is 0.158. The van der Waals surface area contributed by atoms with Gasteiger partial charge in [-0.25, -0.2) is 13.1 Å². The Balaban J connectivity index is 2.03. The Morgan fingerprint density at radius 3 is 2.83 bits per heavy atom. The van der Waals surface area contributed by atoms with Crippen molar-refractivity contribution in [3.05, 3.63) is 23.3 Å². The minimum atomic E-state index is -3.46. The number of thiophene rings is 1. The van der Waals surface area contributed by atoms with E-state index < -0.39 is 10.0 Å². The van der Waals surface area contributed by atoms with Crippen LogP contribution in [0.3, 0.4) is 0 Å². The van der Waals surface area contributed by atoms with Crippen LogP contribution >= 0.6 is 11.3 Å². The SMILES string of the molecule is CN(C)c1n[nH]c(CNS(=O)(=O)c2cccs2)n1. The van der Waals surface area contributed by atoms with Crippen molar-refractivity contribution in [1.82, 2.24) is 19.9 Å². The van der Waals surface area contributed by atoms with Gasteiger partial charge in [-0.1, -0.05) is 6.07 Å². The Morgan fingerprint density at radius 2 is 2.28 bits per heavy atom. The van der Waals surface area contributed by atoms with Gasteiger partial charge < -0.3 is 4.90 Å². The van der Waals surface area contributed by atoms with Gasteiger partial charge in [0.05, 0.1) is 6.54 Å². The van der Waals surface area contributed by atoms with E-state index in [0.717, 1.165) is 0 Å². The van der Waals surface area contributed by atoms with Gasteiger partial charge in [0.25, 0.3) is 0 Å². The molecule has 0 amide bonds. The predicted octanol–water partition coefficient (Wildman–Crippen LogP) is 0.411. The van der Waals surface area contributed by atoms with E-state index in [9.17, 15) is 8.42 Å². The molecule has 0 fully saturated rings. The van der Waals surface area contributed by atoms with Crippen molar-refractivity contribution in [3.63, 3.8) is 0 Å². The van der Waals surface area contributed by atoms with Gasteiger partial charge >= 0.3 is 0 Å². The summed E-state index contributed by atoms with van der Waals surface area (Å²) < 4.78 is 26.4. The van der Waals surface area contributed by atoms with Gasteiger partial charge in [-0.3, -0.25) is 5.10 Å². The molecular formula is C9H13N5O2S2. The molecule has 2 rings (SSSR count). The van der Waals surface area contributed by atoms with Crippen molar-refractivity contribution in [2.75, 3.05) is 19.0 Å². The number of aromatic nitrogens is 3. The molecule has 2 aromatic heterocycles. The van der Waals surface area contributed by atoms with Crippen LogP contribution in [0.25, 0.3) is 0 Å². The first-order chi connectivity index (χ1) is 8.49. The normalized spacial score (nSPS) is 11.7. The van der Waals surface area contributed by atoms with Crippen LogP contribution in [0, 0.1) is 0 Å². The highest BCUT2D eigenvalue weighted by atomic mass is 32.2. The average molecular weight is 287 g/mol. The molecule has 2 aromatic rings. The van der Waals surface area contributed by atoms with Gasteiger partial charge in [0.1, 0.15) is 10.0 Å². The Labute approximate surface area is 109 Å². The van der Waals surface area contributed by atoms with E-state index >= 15 is 0 Å². The van der Waals surface area contributed by atoms with Crippen LogP contribution in [0.5, 0.6) is 0 Å². The molecule has 0 atom stereocenters. The van der Waals surface area contributed by atoms with Crippen LogP contribution in [0.2, 0.25) is 0 Å². The third kappa shape index (κ3) is 2.86. The maximum absolute atomic E-state index is 11.8. The lowest BCUT2D eigenvalue weighted by atomic mass is 10.6. The molecule has 98 valence electrons. The molecule has 0 radical (unpaired) electrons. The maximum atomic E-state index is 11.8. The molecule has 0 aliphatic rings. The number of sulfonamides is 1. The Bertz CT molecular complexity index is 603.